The Morgan fingerprint density at radius 3 is 2.31 bits per heavy atom. The Morgan fingerprint density at radius 1 is 1.03 bits per heavy atom. The van der Waals surface area contributed by atoms with E-state index in [0.717, 1.165) is 11.8 Å². The minimum absolute atomic E-state index is 0.101. The van der Waals surface area contributed by atoms with Gasteiger partial charge in [0.05, 0.1) is 11.5 Å². The van der Waals surface area contributed by atoms with Crippen LogP contribution in [0, 0.1) is 5.41 Å². The van der Waals surface area contributed by atoms with Crippen LogP contribution in [0.15, 0.2) is 78.8 Å². The largest absolute Gasteiger partial charge is 0.489 e. The number of carbonyl (C=O) groups excluding carboxylic acids is 1. The molecule has 0 spiro atoms. The smallest absolute Gasteiger partial charge is 0.270 e. The van der Waals surface area contributed by atoms with Crippen LogP contribution in [-0.4, -0.2) is 61.6 Å². The van der Waals surface area contributed by atoms with E-state index >= 15 is 0 Å². The maximum absolute atomic E-state index is 13.5. The molecule has 1 fully saturated rings. The van der Waals surface area contributed by atoms with Gasteiger partial charge in [-0.1, -0.05) is 50.2 Å². The first-order chi connectivity index (χ1) is 18.6. The van der Waals surface area contributed by atoms with Crippen LogP contribution in [0.3, 0.4) is 0 Å². The molecule has 0 unspecified atom stereocenters. The fourth-order valence-electron chi connectivity index (χ4n) is 4.30. The summed E-state index contributed by atoms with van der Waals surface area (Å²) in [4.78, 5) is 19.0. The fourth-order valence-corrected chi connectivity index (χ4v) is 4.85. The Kier molecular flexibility index (Phi) is 8.81. The lowest BCUT2D eigenvalue weighted by atomic mass is 9.93. The summed E-state index contributed by atoms with van der Waals surface area (Å²) in [6, 6.07) is 19.1. The molecule has 2 N–H and O–H groups in total. The number of hydrogen-bond acceptors (Lipinski definition) is 7. The molecule has 2 heterocycles. The van der Waals surface area contributed by atoms with Crippen molar-refractivity contribution in [3.8, 4) is 5.75 Å². The first-order valence-corrected chi connectivity index (χ1v) is 14.9. The molecule has 4 rings (SSSR count). The molecule has 0 bridgehead atoms. The summed E-state index contributed by atoms with van der Waals surface area (Å²) in [6.07, 6.45) is 4.36. The molecular weight excluding hydrogens is 512 g/mol. The normalized spacial score (nSPS) is 15.2. The van der Waals surface area contributed by atoms with Crippen molar-refractivity contribution in [3.05, 3.63) is 101 Å². The van der Waals surface area contributed by atoms with Crippen LogP contribution in [0.5, 0.6) is 5.75 Å². The highest BCUT2D eigenvalue weighted by Gasteiger charge is 2.29. The predicted molar refractivity (Wildman–Crippen MR) is 154 cm³/mol. The number of carbonyl (C=O) groups is 1. The number of ether oxygens (including phenoxy) is 1. The van der Waals surface area contributed by atoms with Crippen LogP contribution in [0.4, 0.5) is 0 Å². The molecule has 0 aliphatic carbocycles. The third-order valence-electron chi connectivity index (χ3n) is 6.58. The van der Waals surface area contributed by atoms with Crippen molar-refractivity contribution >= 4 is 27.0 Å². The molecule has 204 valence electrons. The second-order valence-electron chi connectivity index (χ2n) is 9.92. The zero-order valence-electron chi connectivity index (χ0n) is 22.5. The molecule has 1 aliphatic heterocycles. The van der Waals surface area contributed by atoms with Crippen molar-refractivity contribution in [1.29, 1.82) is 5.41 Å². The van der Waals surface area contributed by atoms with Gasteiger partial charge in [-0.2, -0.15) is 0 Å². The monoisotopic (exact) mass is 546 g/mol. The minimum Gasteiger partial charge on any atom is -0.489 e. The maximum Gasteiger partial charge on any atom is 0.270 e. The SMILES string of the molecule is CC(C)c1ccc(COc2ccc(/C(C(=N)c3ccncc3)=C3/NCCN(CCS(C)(=O)=O)C3=O)cc2)cc1. The van der Waals surface area contributed by atoms with E-state index < -0.39 is 9.84 Å². The van der Waals surface area contributed by atoms with E-state index in [4.69, 9.17) is 10.1 Å². The molecule has 2 aromatic carbocycles. The van der Waals surface area contributed by atoms with Gasteiger partial charge in [-0.15, -0.1) is 0 Å². The summed E-state index contributed by atoms with van der Waals surface area (Å²) in [5, 5.41) is 12.2. The number of nitrogens with one attached hydrogen (secondary N) is 2. The van der Waals surface area contributed by atoms with Gasteiger partial charge in [0.25, 0.3) is 5.91 Å². The number of pyridine rings is 1. The zero-order valence-corrected chi connectivity index (χ0v) is 23.3. The first-order valence-electron chi connectivity index (χ1n) is 12.9. The highest BCUT2D eigenvalue weighted by molar-refractivity contribution is 7.90. The quantitative estimate of drug-likeness (QED) is 0.293. The van der Waals surface area contributed by atoms with Crippen molar-refractivity contribution in [2.75, 3.05) is 31.6 Å². The van der Waals surface area contributed by atoms with Gasteiger partial charge in [0.2, 0.25) is 0 Å². The van der Waals surface area contributed by atoms with E-state index in [-0.39, 0.29) is 29.6 Å². The first kappa shape index (κ1) is 28.0. The molecule has 39 heavy (non-hydrogen) atoms. The second-order valence-corrected chi connectivity index (χ2v) is 12.2. The average molecular weight is 547 g/mol. The highest BCUT2D eigenvalue weighted by Crippen LogP contribution is 2.27. The predicted octanol–water partition coefficient (Wildman–Crippen LogP) is 4.04. The number of hydrogen-bond donors (Lipinski definition) is 2. The summed E-state index contributed by atoms with van der Waals surface area (Å²) >= 11 is 0. The number of piperazine rings is 1. The number of rotatable bonds is 10. The van der Waals surface area contributed by atoms with Gasteiger partial charge in [-0.05, 0) is 46.9 Å². The third-order valence-corrected chi connectivity index (χ3v) is 7.50. The average Bonchev–Trinajstić information content (AvgIpc) is 2.93. The van der Waals surface area contributed by atoms with Crippen LogP contribution in [0.25, 0.3) is 5.57 Å². The molecule has 3 aromatic rings. The summed E-state index contributed by atoms with van der Waals surface area (Å²) in [7, 11) is -3.23. The van der Waals surface area contributed by atoms with Crippen LogP contribution >= 0.6 is 0 Å². The van der Waals surface area contributed by atoms with Crippen LogP contribution < -0.4 is 10.1 Å². The van der Waals surface area contributed by atoms with Gasteiger partial charge in [0.15, 0.2) is 0 Å². The topological polar surface area (TPSA) is 112 Å². The van der Waals surface area contributed by atoms with Gasteiger partial charge in [0, 0.05) is 49.4 Å². The lowest BCUT2D eigenvalue weighted by Gasteiger charge is -2.31. The number of benzene rings is 2. The fraction of sp³-hybridized carbons (Fsp3) is 0.300. The Labute approximate surface area is 230 Å². The van der Waals surface area contributed by atoms with Crippen LogP contribution in [0.2, 0.25) is 0 Å². The van der Waals surface area contributed by atoms with Crippen molar-refractivity contribution in [2.45, 2.75) is 26.4 Å². The Bertz CT molecular complexity index is 1450. The molecule has 8 nitrogen and oxygen atoms in total. The van der Waals surface area contributed by atoms with Gasteiger partial charge in [-0.3, -0.25) is 15.2 Å². The molecule has 1 amide bonds. The van der Waals surface area contributed by atoms with Crippen LogP contribution in [-0.2, 0) is 21.2 Å². The number of allylic oxidation sites excluding steroid dienone is 1. The molecule has 0 radical (unpaired) electrons. The third kappa shape index (κ3) is 7.32. The lowest BCUT2D eigenvalue weighted by Crippen LogP contribution is -2.48. The van der Waals surface area contributed by atoms with Gasteiger partial charge in [-0.25, -0.2) is 8.42 Å². The van der Waals surface area contributed by atoms with Crippen molar-refractivity contribution in [2.24, 2.45) is 0 Å². The summed E-state index contributed by atoms with van der Waals surface area (Å²) in [5.74, 6) is 0.696. The molecule has 1 aliphatic rings. The van der Waals surface area contributed by atoms with E-state index in [1.165, 1.54) is 10.5 Å². The molecule has 0 atom stereocenters. The minimum atomic E-state index is -3.23. The molecule has 1 saturated heterocycles. The summed E-state index contributed by atoms with van der Waals surface area (Å²) < 4.78 is 29.4. The Morgan fingerprint density at radius 2 is 1.69 bits per heavy atom. The highest BCUT2D eigenvalue weighted by atomic mass is 32.2. The van der Waals surface area contributed by atoms with Gasteiger partial charge >= 0.3 is 0 Å². The second kappa shape index (κ2) is 12.3. The standard InChI is InChI=1S/C30H34N4O4S/c1-21(2)23-6-4-22(5-7-23)20-38-26-10-8-24(9-11-26)27(28(31)25-12-14-32-15-13-25)29-30(35)34(17-16-33-29)18-19-39(3,36)37/h4-15,21,31,33H,16-20H2,1-3H3/b29-27-,31-28?. The van der Waals surface area contributed by atoms with E-state index in [0.29, 0.717) is 48.1 Å². The van der Waals surface area contributed by atoms with E-state index in [9.17, 15) is 13.2 Å². The molecule has 0 saturated carbocycles. The van der Waals surface area contributed by atoms with Crippen molar-refractivity contribution < 1.29 is 17.9 Å². The van der Waals surface area contributed by atoms with Gasteiger partial charge in [0.1, 0.15) is 27.9 Å². The Hall–Kier alpha value is -3.98. The summed E-state index contributed by atoms with van der Waals surface area (Å²) in [5.41, 5.74) is 4.50. The number of nitrogens with zero attached hydrogens (tertiary/aromatic N) is 2. The number of aromatic nitrogens is 1. The van der Waals surface area contributed by atoms with E-state index in [2.05, 4.69) is 48.4 Å². The Balaban J connectivity index is 1.60. The van der Waals surface area contributed by atoms with Crippen molar-refractivity contribution in [3.63, 3.8) is 0 Å². The number of sulfone groups is 1. The van der Waals surface area contributed by atoms with E-state index in [1.807, 2.05) is 24.3 Å². The van der Waals surface area contributed by atoms with Crippen LogP contribution in [0.1, 0.15) is 42.0 Å². The number of amides is 1. The van der Waals surface area contributed by atoms with Gasteiger partial charge < -0.3 is 15.0 Å². The maximum atomic E-state index is 13.5. The molecule has 9 heteroatoms. The summed E-state index contributed by atoms with van der Waals surface area (Å²) in [6.45, 7) is 5.69. The van der Waals surface area contributed by atoms with Crippen molar-refractivity contribution in [1.82, 2.24) is 15.2 Å². The van der Waals surface area contributed by atoms with E-state index in [1.54, 1.807) is 24.5 Å². The molecule has 1 aromatic heterocycles. The molecular formula is C30H34N4O4S. The zero-order chi connectivity index (χ0) is 28.0. The lowest BCUT2D eigenvalue weighted by molar-refractivity contribution is -0.128.